The molecule has 2 aromatic rings. The molecule has 1 aromatic carbocycles. The van der Waals surface area contributed by atoms with Gasteiger partial charge in [0.1, 0.15) is 5.82 Å². The highest BCUT2D eigenvalue weighted by Crippen LogP contribution is 2.15. The van der Waals surface area contributed by atoms with Crippen molar-refractivity contribution in [3.05, 3.63) is 48.0 Å². The Morgan fingerprint density at radius 1 is 1.53 bits per heavy atom. The summed E-state index contributed by atoms with van der Waals surface area (Å²) >= 11 is 0. The van der Waals surface area contributed by atoms with Gasteiger partial charge in [-0.3, -0.25) is 4.68 Å². The predicted molar refractivity (Wildman–Crippen MR) is 67.8 cm³/mol. The maximum atomic E-state index is 13.6. The molecule has 0 radical (unpaired) electrons. The van der Waals surface area contributed by atoms with E-state index in [1.165, 1.54) is 12.1 Å². The van der Waals surface area contributed by atoms with E-state index in [9.17, 15) is 9.50 Å². The molecule has 5 nitrogen and oxygen atoms in total. The molecule has 0 spiro atoms. The minimum Gasteiger partial charge on any atom is -0.389 e. The Morgan fingerprint density at radius 3 is 3.00 bits per heavy atom. The van der Waals surface area contributed by atoms with Crippen LogP contribution in [0.5, 0.6) is 0 Å². The number of hydrogen-bond donors (Lipinski definition) is 2. The second kappa shape index (κ2) is 5.98. The molecule has 1 unspecified atom stereocenters. The fraction of sp³-hybridized carbons (Fsp3) is 0.231. The molecule has 2 N–H and O–H groups in total. The number of anilines is 1. The Hall–Kier alpha value is -2.39. The van der Waals surface area contributed by atoms with Crippen molar-refractivity contribution in [2.24, 2.45) is 0 Å². The first kappa shape index (κ1) is 13.1. The van der Waals surface area contributed by atoms with E-state index in [0.29, 0.717) is 6.54 Å². The van der Waals surface area contributed by atoms with E-state index in [2.05, 4.69) is 10.4 Å². The number of halogens is 1. The average molecular weight is 260 g/mol. The topological polar surface area (TPSA) is 73.9 Å². The van der Waals surface area contributed by atoms with Crippen molar-refractivity contribution < 1.29 is 9.50 Å². The number of nitrogens with zero attached hydrogens (tertiary/aromatic N) is 3. The molecular formula is C13H13FN4O. The summed E-state index contributed by atoms with van der Waals surface area (Å²) in [5, 5.41) is 25.2. The van der Waals surface area contributed by atoms with Crippen LogP contribution in [-0.4, -0.2) is 27.5 Å². The van der Waals surface area contributed by atoms with Crippen LogP contribution < -0.4 is 5.32 Å². The normalized spacial score (nSPS) is 11.8. The Bertz CT molecular complexity index is 577. The highest BCUT2D eigenvalue weighted by molar-refractivity contribution is 5.48. The molecule has 0 aliphatic carbocycles. The molecule has 6 heteroatoms. The van der Waals surface area contributed by atoms with Gasteiger partial charge in [-0.25, -0.2) is 4.39 Å². The zero-order valence-corrected chi connectivity index (χ0v) is 10.1. The lowest BCUT2D eigenvalue weighted by molar-refractivity contribution is 0.161. The van der Waals surface area contributed by atoms with Crippen LogP contribution in [0.4, 0.5) is 10.1 Å². The lowest BCUT2D eigenvalue weighted by Crippen LogP contribution is -2.25. The Balaban J connectivity index is 1.90. The van der Waals surface area contributed by atoms with Crippen LogP contribution in [0.1, 0.15) is 5.56 Å². The number of aliphatic hydroxyl groups is 1. The van der Waals surface area contributed by atoms with Crippen LogP contribution >= 0.6 is 0 Å². The van der Waals surface area contributed by atoms with Crippen molar-refractivity contribution in [3.8, 4) is 6.07 Å². The largest absolute Gasteiger partial charge is 0.389 e. The fourth-order valence-corrected chi connectivity index (χ4v) is 1.64. The summed E-state index contributed by atoms with van der Waals surface area (Å²) in [5.74, 6) is -0.509. The fourth-order valence-electron chi connectivity index (χ4n) is 1.64. The molecule has 1 atom stereocenters. The highest BCUT2D eigenvalue weighted by atomic mass is 19.1. The van der Waals surface area contributed by atoms with E-state index in [1.807, 2.05) is 6.07 Å². The van der Waals surface area contributed by atoms with Gasteiger partial charge in [-0.2, -0.15) is 10.4 Å². The summed E-state index contributed by atoms with van der Waals surface area (Å²) in [7, 11) is 0. The van der Waals surface area contributed by atoms with Gasteiger partial charge in [0, 0.05) is 18.9 Å². The third kappa shape index (κ3) is 3.53. The van der Waals surface area contributed by atoms with Crippen LogP contribution in [0, 0.1) is 17.1 Å². The van der Waals surface area contributed by atoms with Gasteiger partial charge in [-0.15, -0.1) is 0 Å². The highest BCUT2D eigenvalue weighted by Gasteiger charge is 2.08. The molecule has 0 aliphatic rings. The molecule has 1 heterocycles. The Morgan fingerprint density at radius 2 is 2.37 bits per heavy atom. The summed E-state index contributed by atoms with van der Waals surface area (Å²) in [4.78, 5) is 0. The van der Waals surface area contributed by atoms with Gasteiger partial charge in [-0.05, 0) is 24.3 Å². The van der Waals surface area contributed by atoms with E-state index in [4.69, 9.17) is 5.26 Å². The minimum atomic E-state index is -0.685. The third-order valence-corrected chi connectivity index (χ3v) is 2.58. The summed E-state index contributed by atoms with van der Waals surface area (Å²) in [6.45, 7) is 0.528. The quantitative estimate of drug-likeness (QED) is 0.851. The summed E-state index contributed by atoms with van der Waals surface area (Å²) in [6, 6.07) is 7.78. The molecule has 98 valence electrons. The zero-order chi connectivity index (χ0) is 13.7. The molecule has 2 rings (SSSR count). The van der Waals surface area contributed by atoms with Crippen LogP contribution in [0.15, 0.2) is 36.7 Å². The second-order valence-corrected chi connectivity index (χ2v) is 4.07. The predicted octanol–water partition coefficient (Wildman–Crippen LogP) is 1.37. The first-order chi connectivity index (χ1) is 9.19. The smallest absolute Gasteiger partial charge is 0.147 e. The molecule has 0 bridgehead atoms. The lowest BCUT2D eigenvalue weighted by Gasteiger charge is -2.13. The summed E-state index contributed by atoms with van der Waals surface area (Å²) < 4.78 is 15.2. The van der Waals surface area contributed by atoms with Crippen LogP contribution in [0.3, 0.4) is 0 Å². The van der Waals surface area contributed by atoms with Crippen LogP contribution in [0.25, 0.3) is 0 Å². The van der Waals surface area contributed by atoms with E-state index in [0.717, 1.165) is 6.07 Å². The monoisotopic (exact) mass is 260 g/mol. The number of aliphatic hydroxyl groups excluding tert-OH is 1. The van der Waals surface area contributed by atoms with Gasteiger partial charge in [0.05, 0.1) is 30.0 Å². The van der Waals surface area contributed by atoms with E-state index in [1.54, 1.807) is 23.1 Å². The summed E-state index contributed by atoms with van der Waals surface area (Å²) in [5.41, 5.74) is 0.527. The molecule has 0 saturated carbocycles. The Kier molecular flexibility index (Phi) is 4.11. The van der Waals surface area contributed by atoms with Crippen molar-refractivity contribution in [2.75, 3.05) is 11.9 Å². The van der Waals surface area contributed by atoms with Gasteiger partial charge < -0.3 is 10.4 Å². The number of aromatic nitrogens is 2. The van der Waals surface area contributed by atoms with Gasteiger partial charge in [0.25, 0.3) is 0 Å². The molecule has 0 aliphatic heterocycles. The van der Waals surface area contributed by atoms with Crippen molar-refractivity contribution in [1.29, 1.82) is 5.26 Å². The maximum Gasteiger partial charge on any atom is 0.147 e. The molecule has 0 fully saturated rings. The van der Waals surface area contributed by atoms with Crippen LogP contribution in [-0.2, 0) is 6.54 Å². The SMILES string of the molecule is N#Cc1ccc(NCC(O)Cn2cccn2)c(F)c1. The van der Waals surface area contributed by atoms with Gasteiger partial charge in [0.2, 0.25) is 0 Å². The molecule has 1 aromatic heterocycles. The number of hydrogen-bond acceptors (Lipinski definition) is 4. The molecule has 19 heavy (non-hydrogen) atoms. The Labute approximate surface area is 109 Å². The van der Waals surface area contributed by atoms with E-state index >= 15 is 0 Å². The van der Waals surface area contributed by atoms with Crippen molar-refractivity contribution in [3.63, 3.8) is 0 Å². The number of nitrogens with one attached hydrogen (secondary N) is 1. The van der Waals surface area contributed by atoms with Crippen molar-refractivity contribution >= 4 is 5.69 Å². The van der Waals surface area contributed by atoms with E-state index < -0.39 is 11.9 Å². The number of nitriles is 1. The second-order valence-electron chi connectivity index (χ2n) is 4.07. The standard InChI is InChI=1S/C13H13FN4O/c14-12-6-10(7-15)2-3-13(12)16-8-11(19)9-18-5-1-4-17-18/h1-6,11,16,19H,8-9H2. The van der Waals surface area contributed by atoms with Gasteiger partial charge in [-0.1, -0.05) is 0 Å². The van der Waals surface area contributed by atoms with Crippen molar-refractivity contribution in [2.45, 2.75) is 12.6 Å². The first-order valence-electron chi connectivity index (χ1n) is 5.78. The molecule has 0 amide bonds. The average Bonchev–Trinajstić information content (AvgIpc) is 2.90. The lowest BCUT2D eigenvalue weighted by atomic mass is 10.2. The van der Waals surface area contributed by atoms with Crippen molar-refractivity contribution in [1.82, 2.24) is 9.78 Å². The van der Waals surface area contributed by atoms with E-state index in [-0.39, 0.29) is 17.8 Å². The molecule has 0 saturated heterocycles. The number of rotatable bonds is 5. The minimum absolute atomic E-state index is 0.197. The summed E-state index contributed by atoms with van der Waals surface area (Å²) in [6.07, 6.45) is 2.68. The van der Waals surface area contributed by atoms with Gasteiger partial charge >= 0.3 is 0 Å². The van der Waals surface area contributed by atoms with Gasteiger partial charge in [0.15, 0.2) is 0 Å². The first-order valence-corrected chi connectivity index (χ1v) is 5.78. The molecular weight excluding hydrogens is 247 g/mol. The van der Waals surface area contributed by atoms with Crippen LogP contribution in [0.2, 0.25) is 0 Å². The third-order valence-electron chi connectivity index (χ3n) is 2.58. The zero-order valence-electron chi connectivity index (χ0n) is 10.1. The number of benzene rings is 1. The maximum absolute atomic E-state index is 13.6.